The Labute approximate surface area is 189 Å². The number of carbonyl (C=O) groups excluding carboxylic acids is 1. The number of nitrogens with zero attached hydrogens (tertiary/aromatic N) is 2. The van der Waals surface area contributed by atoms with Gasteiger partial charge in [0.1, 0.15) is 17.4 Å². The summed E-state index contributed by atoms with van der Waals surface area (Å²) in [6.45, 7) is 7.30. The van der Waals surface area contributed by atoms with Crippen LogP contribution in [0.2, 0.25) is 5.02 Å². The lowest BCUT2D eigenvalue weighted by Gasteiger charge is -2.26. The van der Waals surface area contributed by atoms with Gasteiger partial charge in [0, 0.05) is 23.7 Å². The van der Waals surface area contributed by atoms with E-state index in [-0.39, 0.29) is 0 Å². The number of nitrogens with one attached hydrogen (secondary N) is 1. The standard InChI is InChI=1S/C24H30ClN3O3/c1-24(2,3)31-23(29)26-21(17-7-11-19(25)12-8-17)22(27-28-15-5-6-16-28)18-9-13-20(30-4)14-10-18/h7-14,21H,5-6,15-16H2,1-4H3,(H,26,29)/b27-22+/t21-/m1/s1. The molecule has 1 heterocycles. The van der Waals surface area contributed by atoms with Gasteiger partial charge in [-0.25, -0.2) is 4.79 Å². The van der Waals surface area contributed by atoms with Gasteiger partial charge in [-0.3, -0.25) is 5.01 Å². The van der Waals surface area contributed by atoms with Crippen molar-refractivity contribution in [2.24, 2.45) is 5.10 Å². The van der Waals surface area contributed by atoms with Crippen molar-refractivity contribution in [2.75, 3.05) is 20.2 Å². The number of carbonyl (C=O) groups is 1. The van der Waals surface area contributed by atoms with Gasteiger partial charge < -0.3 is 14.8 Å². The van der Waals surface area contributed by atoms with E-state index in [1.165, 1.54) is 0 Å². The molecule has 1 amide bonds. The van der Waals surface area contributed by atoms with Crippen LogP contribution in [0, 0.1) is 0 Å². The van der Waals surface area contributed by atoms with Gasteiger partial charge in [0.15, 0.2) is 0 Å². The Bertz CT molecular complexity index is 899. The number of methoxy groups -OCH3 is 1. The van der Waals surface area contributed by atoms with Gasteiger partial charge in [-0.05, 0) is 75.6 Å². The molecule has 1 aliphatic rings. The molecule has 0 aromatic heterocycles. The monoisotopic (exact) mass is 443 g/mol. The van der Waals surface area contributed by atoms with Gasteiger partial charge >= 0.3 is 6.09 Å². The number of benzene rings is 2. The zero-order valence-corrected chi connectivity index (χ0v) is 19.3. The van der Waals surface area contributed by atoms with Crippen LogP contribution in [-0.2, 0) is 4.74 Å². The van der Waals surface area contributed by atoms with E-state index >= 15 is 0 Å². The van der Waals surface area contributed by atoms with Crippen LogP contribution in [0.5, 0.6) is 5.75 Å². The van der Waals surface area contributed by atoms with E-state index in [2.05, 4.69) is 10.3 Å². The van der Waals surface area contributed by atoms with Crippen LogP contribution in [0.3, 0.4) is 0 Å². The van der Waals surface area contributed by atoms with Crippen molar-refractivity contribution in [3.05, 3.63) is 64.7 Å². The summed E-state index contributed by atoms with van der Waals surface area (Å²) in [5.74, 6) is 0.757. The Morgan fingerprint density at radius 3 is 2.23 bits per heavy atom. The third kappa shape index (κ3) is 6.62. The maximum absolute atomic E-state index is 12.7. The van der Waals surface area contributed by atoms with Gasteiger partial charge in [-0.1, -0.05) is 23.7 Å². The fourth-order valence-corrected chi connectivity index (χ4v) is 3.51. The van der Waals surface area contributed by atoms with Crippen LogP contribution in [-0.4, -0.2) is 42.6 Å². The lowest BCUT2D eigenvalue weighted by atomic mass is 9.96. The number of rotatable bonds is 6. The van der Waals surface area contributed by atoms with Crippen molar-refractivity contribution >= 4 is 23.4 Å². The van der Waals surface area contributed by atoms with Gasteiger partial charge in [-0.15, -0.1) is 0 Å². The molecule has 0 aliphatic carbocycles. The van der Waals surface area contributed by atoms with Gasteiger partial charge in [0.25, 0.3) is 0 Å². The maximum Gasteiger partial charge on any atom is 0.408 e. The molecule has 0 unspecified atom stereocenters. The van der Waals surface area contributed by atoms with Crippen molar-refractivity contribution in [1.82, 2.24) is 10.3 Å². The Balaban J connectivity index is 2.04. The minimum absolute atomic E-state index is 0.505. The number of hydrogen-bond acceptors (Lipinski definition) is 5. The zero-order chi connectivity index (χ0) is 22.4. The minimum atomic E-state index is -0.610. The first-order valence-electron chi connectivity index (χ1n) is 10.5. The van der Waals surface area contributed by atoms with E-state index in [1.807, 2.05) is 69.3 Å². The molecule has 0 saturated carbocycles. The molecule has 31 heavy (non-hydrogen) atoms. The average molecular weight is 444 g/mol. The number of alkyl carbamates (subject to hydrolysis) is 1. The van der Waals surface area contributed by atoms with E-state index in [0.29, 0.717) is 5.02 Å². The van der Waals surface area contributed by atoms with Gasteiger partial charge in [0.05, 0.1) is 12.8 Å². The van der Waals surface area contributed by atoms with E-state index in [4.69, 9.17) is 26.2 Å². The maximum atomic E-state index is 12.7. The number of hydrazone groups is 1. The van der Waals surface area contributed by atoms with E-state index in [9.17, 15) is 4.79 Å². The highest BCUT2D eigenvalue weighted by molar-refractivity contribution is 6.30. The number of ether oxygens (including phenoxy) is 2. The Morgan fingerprint density at radius 2 is 1.68 bits per heavy atom. The van der Waals surface area contributed by atoms with E-state index in [1.54, 1.807) is 7.11 Å². The Hall–Kier alpha value is -2.73. The summed E-state index contributed by atoms with van der Waals surface area (Å²) < 4.78 is 10.8. The van der Waals surface area contributed by atoms with E-state index < -0.39 is 17.7 Å². The molecule has 1 N–H and O–H groups in total. The largest absolute Gasteiger partial charge is 0.497 e. The molecule has 1 saturated heterocycles. The molecule has 0 bridgehead atoms. The predicted octanol–water partition coefficient (Wildman–Crippen LogP) is 5.41. The summed E-state index contributed by atoms with van der Waals surface area (Å²) in [5.41, 5.74) is 1.88. The van der Waals surface area contributed by atoms with Crippen LogP contribution in [0.1, 0.15) is 50.8 Å². The van der Waals surface area contributed by atoms with Crippen LogP contribution < -0.4 is 10.1 Å². The molecule has 1 fully saturated rings. The molecule has 2 aromatic carbocycles. The van der Waals surface area contributed by atoms with Crippen molar-refractivity contribution in [3.63, 3.8) is 0 Å². The minimum Gasteiger partial charge on any atom is -0.497 e. The molecular formula is C24H30ClN3O3. The molecule has 166 valence electrons. The second-order valence-corrected chi connectivity index (χ2v) is 8.94. The normalized spacial score (nSPS) is 15.5. The molecule has 1 atom stereocenters. The highest BCUT2D eigenvalue weighted by Gasteiger charge is 2.27. The van der Waals surface area contributed by atoms with Crippen molar-refractivity contribution in [1.29, 1.82) is 0 Å². The molecule has 1 aliphatic heterocycles. The van der Waals surface area contributed by atoms with Gasteiger partial charge in [-0.2, -0.15) is 5.10 Å². The topological polar surface area (TPSA) is 63.2 Å². The third-order valence-electron chi connectivity index (χ3n) is 4.86. The molecule has 2 aromatic rings. The van der Waals surface area contributed by atoms with Crippen LogP contribution >= 0.6 is 11.6 Å². The predicted molar refractivity (Wildman–Crippen MR) is 124 cm³/mol. The lowest BCUT2D eigenvalue weighted by Crippen LogP contribution is -2.39. The summed E-state index contributed by atoms with van der Waals surface area (Å²) in [6.07, 6.45) is 1.70. The van der Waals surface area contributed by atoms with Crippen molar-refractivity contribution in [3.8, 4) is 5.75 Å². The number of amides is 1. The quantitative estimate of drug-likeness (QED) is 0.606. The number of halogens is 1. The SMILES string of the molecule is COc1ccc(/C(=N\N2CCCC2)[C@H](NC(=O)OC(C)(C)C)c2ccc(Cl)cc2)cc1. The van der Waals surface area contributed by atoms with Crippen LogP contribution in [0.4, 0.5) is 4.79 Å². The van der Waals surface area contributed by atoms with Gasteiger partial charge in [0.2, 0.25) is 0 Å². The summed E-state index contributed by atoms with van der Waals surface area (Å²) in [5, 5.41) is 10.7. The van der Waals surface area contributed by atoms with Crippen molar-refractivity contribution in [2.45, 2.75) is 45.3 Å². The summed E-state index contributed by atoms with van der Waals surface area (Å²) in [6, 6.07) is 14.6. The third-order valence-corrected chi connectivity index (χ3v) is 5.11. The average Bonchev–Trinajstić information content (AvgIpc) is 3.23. The fraction of sp³-hybridized carbons (Fsp3) is 0.417. The highest BCUT2D eigenvalue weighted by Crippen LogP contribution is 2.25. The first-order valence-corrected chi connectivity index (χ1v) is 10.9. The Morgan fingerprint density at radius 1 is 1.06 bits per heavy atom. The first kappa shape index (κ1) is 22.9. The summed E-state index contributed by atoms with van der Waals surface area (Å²) >= 11 is 6.11. The summed E-state index contributed by atoms with van der Waals surface area (Å²) in [4.78, 5) is 12.7. The first-order chi connectivity index (χ1) is 14.7. The molecule has 3 rings (SSSR count). The second-order valence-electron chi connectivity index (χ2n) is 8.51. The summed E-state index contributed by atoms with van der Waals surface area (Å²) in [7, 11) is 1.63. The number of hydrogen-bond donors (Lipinski definition) is 1. The smallest absolute Gasteiger partial charge is 0.408 e. The fourth-order valence-electron chi connectivity index (χ4n) is 3.39. The second kappa shape index (κ2) is 10.1. The zero-order valence-electron chi connectivity index (χ0n) is 18.5. The Kier molecular flexibility index (Phi) is 7.44. The molecule has 7 heteroatoms. The molecule has 0 spiro atoms. The lowest BCUT2D eigenvalue weighted by molar-refractivity contribution is 0.0517. The molecule has 0 radical (unpaired) electrons. The van der Waals surface area contributed by atoms with Crippen LogP contribution in [0.25, 0.3) is 0 Å². The van der Waals surface area contributed by atoms with Crippen LogP contribution in [0.15, 0.2) is 53.6 Å². The van der Waals surface area contributed by atoms with Crippen molar-refractivity contribution < 1.29 is 14.3 Å². The molecular weight excluding hydrogens is 414 g/mol. The van der Waals surface area contributed by atoms with E-state index in [0.717, 1.165) is 48.5 Å². The molecule has 6 nitrogen and oxygen atoms in total. The highest BCUT2D eigenvalue weighted by atomic mass is 35.5.